The zero-order valence-electron chi connectivity index (χ0n) is 13.3. The predicted molar refractivity (Wildman–Crippen MR) is 84.6 cm³/mol. The van der Waals surface area contributed by atoms with Gasteiger partial charge in [-0.05, 0) is 39.8 Å². The van der Waals surface area contributed by atoms with Crippen LogP contribution in [0.15, 0.2) is 24.3 Å². The van der Waals surface area contributed by atoms with Gasteiger partial charge < -0.3 is 15.0 Å². The largest absolute Gasteiger partial charge is 0.491 e. The lowest BCUT2D eigenvalue weighted by atomic mass is 10.0. The standard InChI is InChI=1S/C17H26N2O2/c1-13(2)21-16-9-5-4-7-14(16)11-17(20)19-10-6-8-15(12-19)18-3/h4-5,7,9,13,15,18H,6,8,10-12H2,1-3H3/t15-/m1/s1. The molecule has 21 heavy (non-hydrogen) atoms. The van der Waals surface area contributed by atoms with E-state index in [1.807, 2.05) is 50.1 Å². The minimum absolute atomic E-state index is 0.116. The molecule has 0 radical (unpaired) electrons. The summed E-state index contributed by atoms with van der Waals surface area (Å²) in [7, 11) is 1.96. The minimum Gasteiger partial charge on any atom is -0.491 e. The van der Waals surface area contributed by atoms with Crippen LogP contribution in [0.2, 0.25) is 0 Å². The normalized spacial score (nSPS) is 18.9. The Morgan fingerprint density at radius 3 is 2.90 bits per heavy atom. The van der Waals surface area contributed by atoms with Crippen molar-refractivity contribution in [2.75, 3.05) is 20.1 Å². The number of nitrogens with zero attached hydrogens (tertiary/aromatic N) is 1. The van der Waals surface area contributed by atoms with Crippen molar-refractivity contribution in [2.24, 2.45) is 0 Å². The van der Waals surface area contributed by atoms with Crippen LogP contribution in [0.3, 0.4) is 0 Å². The van der Waals surface area contributed by atoms with Gasteiger partial charge in [0.05, 0.1) is 12.5 Å². The van der Waals surface area contributed by atoms with Crippen molar-refractivity contribution in [2.45, 2.75) is 45.3 Å². The number of benzene rings is 1. The highest BCUT2D eigenvalue weighted by atomic mass is 16.5. The molecule has 1 aromatic rings. The Bertz CT molecular complexity index is 474. The van der Waals surface area contributed by atoms with E-state index in [-0.39, 0.29) is 12.0 Å². The second-order valence-electron chi connectivity index (χ2n) is 5.92. The number of amides is 1. The molecule has 116 valence electrons. The summed E-state index contributed by atoms with van der Waals surface area (Å²) in [5, 5.41) is 3.27. The molecular formula is C17H26N2O2. The van der Waals surface area contributed by atoms with Crippen LogP contribution in [0.25, 0.3) is 0 Å². The van der Waals surface area contributed by atoms with Crippen molar-refractivity contribution in [1.82, 2.24) is 10.2 Å². The van der Waals surface area contributed by atoms with Gasteiger partial charge in [-0.15, -0.1) is 0 Å². The Hall–Kier alpha value is -1.55. The van der Waals surface area contributed by atoms with Crippen LogP contribution in [-0.2, 0) is 11.2 Å². The zero-order chi connectivity index (χ0) is 15.2. The molecule has 0 saturated carbocycles. The third-order valence-corrected chi connectivity index (χ3v) is 3.86. The predicted octanol–water partition coefficient (Wildman–Crippen LogP) is 2.23. The van der Waals surface area contributed by atoms with Crippen LogP contribution in [0.5, 0.6) is 5.75 Å². The maximum Gasteiger partial charge on any atom is 0.227 e. The average molecular weight is 290 g/mol. The van der Waals surface area contributed by atoms with E-state index in [2.05, 4.69) is 5.32 Å². The third kappa shape index (κ3) is 4.46. The fraction of sp³-hybridized carbons (Fsp3) is 0.588. The molecule has 1 atom stereocenters. The number of nitrogens with one attached hydrogen (secondary N) is 1. The summed E-state index contributed by atoms with van der Waals surface area (Å²) >= 11 is 0. The molecule has 1 aliphatic heterocycles. The number of para-hydroxylation sites is 1. The summed E-state index contributed by atoms with van der Waals surface area (Å²) in [6, 6.07) is 8.25. The fourth-order valence-electron chi connectivity index (χ4n) is 2.73. The van der Waals surface area contributed by atoms with Gasteiger partial charge in [-0.25, -0.2) is 0 Å². The lowest BCUT2D eigenvalue weighted by molar-refractivity contribution is -0.131. The monoisotopic (exact) mass is 290 g/mol. The Morgan fingerprint density at radius 2 is 2.19 bits per heavy atom. The van der Waals surface area contributed by atoms with Gasteiger partial charge in [-0.2, -0.15) is 0 Å². The molecule has 1 aliphatic rings. The van der Waals surface area contributed by atoms with Gasteiger partial charge in [0.25, 0.3) is 0 Å². The number of rotatable bonds is 5. The van der Waals surface area contributed by atoms with E-state index >= 15 is 0 Å². The molecule has 1 fully saturated rings. The Morgan fingerprint density at radius 1 is 1.43 bits per heavy atom. The van der Waals surface area contributed by atoms with Gasteiger partial charge in [-0.1, -0.05) is 18.2 Å². The van der Waals surface area contributed by atoms with Crippen LogP contribution in [0.4, 0.5) is 0 Å². The summed E-state index contributed by atoms with van der Waals surface area (Å²) in [6.07, 6.45) is 2.75. The third-order valence-electron chi connectivity index (χ3n) is 3.86. The number of carbonyl (C=O) groups excluding carboxylic acids is 1. The van der Waals surface area contributed by atoms with E-state index in [0.29, 0.717) is 12.5 Å². The van der Waals surface area contributed by atoms with E-state index in [0.717, 1.165) is 37.2 Å². The van der Waals surface area contributed by atoms with Crippen molar-refractivity contribution >= 4 is 5.91 Å². The van der Waals surface area contributed by atoms with E-state index in [4.69, 9.17) is 4.74 Å². The maximum absolute atomic E-state index is 12.5. The molecule has 1 N–H and O–H groups in total. The molecule has 0 aliphatic carbocycles. The second kappa shape index (κ2) is 7.46. The highest BCUT2D eigenvalue weighted by Crippen LogP contribution is 2.21. The molecule has 1 amide bonds. The minimum atomic E-state index is 0.116. The van der Waals surface area contributed by atoms with Gasteiger partial charge in [0.1, 0.15) is 5.75 Å². The van der Waals surface area contributed by atoms with Crippen LogP contribution >= 0.6 is 0 Å². The van der Waals surface area contributed by atoms with E-state index < -0.39 is 0 Å². The summed E-state index contributed by atoms with van der Waals surface area (Å²) in [5.74, 6) is 1.01. The van der Waals surface area contributed by atoms with Crippen molar-refractivity contribution in [3.8, 4) is 5.75 Å². The van der Waals surface area contributed by atoms with Crippen molar-refractivity contribution < 1.29 is 9.53 Å². The summed E-state index contributed by atoms with van der Waals surface area (Å²) in [6.45, 7) is 5.67. The van der Waals surface area contributed by atoms with Crippen molar-refractivity contribution in [1.29, 1.82) is 0 Å². The molecule has 0 aromatic heterocycles. The Kier molecular flexibility index (Phi) is 5.62. The van der Waals surface area contributed by atoms with Gasteiger partial charge in [0.2, 0.25) is 5.91 Å². The summed E-state index contributed by atoms with van der Waals surface area (Å²) < 4.78 is 5.79. The number of likely N-dealkylation sites (tertiary alicyclic amines) is 1. The fourth-order valence-corrected chi connectivity index (χ4v) is 2.73. The number of likely N-dealkylation sites (N-methyl/N-ethyl adjacent to an activating group) is 1. The van der Waals surface area contributed by atoms with E-state index in [1.54, 1.807) is 0 Å². The first kappa shape index (κ1) is 15.8. The second-order valence-corrected chi connectivity index (χ2v) is 5.92. The van der Waals surface area contributed by atoms with Crippen LogP contribution in [-0.4, -0.2) is 43.1 Å². The molecule has 4 heteroatoms. The molecule has 1 saturated heterocycles. The Labute approximate surface area is 127 Å². The maximum atomic E-state index is 12.5. The first-order valence-electron chi connectivity index (χ1n) is 7.79. The van der Waals surface area contributed by atoms with Gasteiger partial charge in [0, 0.05) is 24.7 Å². The average Bonchev–Trinajstić information content (AvgIpc) is 2.48. The van der Waals surface area contributed by atoms with Crippen LogP contribution in [0.1, 0.15) is 32.3 Å². The smallest absolute Gasteiger partial charge is 0.227 e. The molecular weight excluding hydrogens is 264 g/mol. The van der Waals surface area contributed by atoms with E-state index in [9.17, 15) is 4.79 Å². The molecule has 0 unspecified atom stereocenters. The van der Waals surface area contributed by atoms with Crippen molar-refractivity contribution in [3.05, 3.63) is 29.8 Å². The molecule has 1 heterocycles. The van der Waals surface area contributed by atoms with E-state index in [1.165, 1.54) is 0 Å². The van der Waals surface area contributed by atoms with Crippen LogP contribution in [0, 0.1) is 0 Å². The van der Waals surface area contributed by atoms with Crippen LogP contribution < -0.4 is 10.1 Å². The number of carbonyl (C=O) groups is 1. The number of ether oxygens (including phenoxy) is 1. The number of piperidine rings is 1. The number of hydrogen-bond donors (Lipinski definition) is 1. The highest BCUT2D eigenvalue weighted by molar-refractivity contribution is 5.79. The number of hydrogen-bond acceptors (Lipinski definition) is 3. The van der Waals surface area contributed by atoms with Gasteiger partial charge in [0.15, 0.2) is 0 Å². The molecule has 1 aromatic carbocycles. The lowest BCUT2D eigenvalue weighted by Gasteiger charge is -2.32. The van der Waals surface area contributed by atoms with Gasteiger partial charge >= 0.3 is 0 Å². The molecule has 2 rings (SSSR count). The highest BCUT2D eigenvalue weighted by Gasteiger charge is 2.23. The Balaban J connectivity index is 2.02. The zero-order valence-corrected chi connectivity index (χ0v) is 13.3. The lowest BCUT2D eigenvalue weighted by Crippen LogP contribution is -2.47. The first-order chi connectivity index (χ1) is 10.1. The van der Waals surface area contributed by atoms with Crippen molar-refractivity contribution in [3.63, 3.8) is 0 Å². The SMILES string of the molecule is CN[C@@H]1CCCN(C(=O)Cc2ccccc2OC(C)C)C1. The molecule has 4 nitrogen and oxygen atoms in total. The first-order valence-corrected chi connectivity index (χ1v) is 7.79. The summed E-state index contributed by atoms with van der Waals surface area (Å²) in [5.41, 5.74) is 0.975. The topological polar surface area (TPSA) is 41.6 Å². The summed E-state index contributed by atoms with van der Waals surface area (Å²) in [4.78, 5) is 14.5. The molecule has 0 spiro atoms. The molecule has 0 bridgehead atoms. The quantitative estimate of drug-likeness (QED) is 0.904. The van der Waals surface area contributed by atoms with Gasteiger partial charge in [-0.3, -0.25) is 4.79 Å².